The van der Waals surface area contributed by atoms with Gasteiger partial charge in [0.15, 0.2) is 0 Å². The highest BCUT2D eigenvalue weighted by Crippen LogP contribution is 2.21. The van der Waals surface area contributed by atoms with Crippen molar-refractivity contribution < 1.29 is 14.4 Å². The summed E-state index contributed by atoms with van der Waals surface area (Å²) in [6, 6.07) is 11.5. The SMILES string of the molecule is Cc1ccc(-n2nccn2)c(C(=O)N2CCNC(=O)C[C@@H]2C)c1.Cc1ccc(-n2nccn2)c(C(=O)N2CCNCC[C@H]2C)c1. The van der Waals surface area contributed by atoms with E-state index in [2.05, 4.69) is 38.0 Å². The second-order valence-corrected chi connectivity index (χ2v) is 11.5. The Labute approximate surface area is 262 Å². The molecule has 4 aromatic rings. The summed E-state index contributed by atoms with van der Waals surface area (Å²) >= 11 is 0. The van der Waals surface area contributed by atoms with Crippen LogP contribution in [-0.4, -0.2) is 102 Å². The molecule has 2 aliphatic rings. The summed E-state index contributed by atoms with van der Waals surface area (Å²) in [6.07, 6.45) is 7.66. The first-order chi connectivity index (χ1) is 21.7. The molecule has 0 unspecified atom stereocenters. The monoisotopic (exact) mass is 612 g/mol. The molecule has 0 radical (unpaired) electrons. The van der Waals surface area contributed by atoms with Gasteiger partial charge >= 0.3 is 0 Å². The van der Waals surface area contributed by atoms with Crippen molar-refractivity contribution in [2.24, 2.45) is 0 Å². The number of nitrogens with zero attached hydrogens (tertiary/aromatic N) is 8. The van der Waals surface area contributed by atoms with E-state index in [0.29, 0.717) is 36.3 Å². The Bertz CT molecular complexity index is 1620. The average Bonchev–Trinajstić information content (AvgIpc) is 3.69. The van der Waals surface area contributed by atoms with E-state index in [9.17, 15) is 14.4 Å². The molecule has 2 aromatic carbocycles. The summed E-state index contributed by atoms with van der Waals surface area (Å²) in [5, 5.41) is 22.7. The molecule has 0 bridgehead atoms. The van der Waals surface area contributed by atoms with E-state index < -0.39 is 0 Å². The number of amides is 3. The predicted molar refractivity (Wildman–Crippen MR) is 168 cm³/mol. The molecule has 2 saturated heterocycles. The van der Waals surface area contributed by atoms with Crippen molar-refractivity contribution in [1.29, 1.82) is 0 Å². The molecule has 3 amide bonds. The van der Waals surface area contributed by atoms with Crippen molar-refractivity contribution in [3.8, 4) is 11.4 Å². The molecule has 2 fully saturated rings. The zero-order valence-electron chi connectivity index (χ0n) is 26.2. The van der Waals surface area contributed by atoms with Gasteiger partial charge in [0.05, 0.1) is 47.3 Å². The number of aromatic nitrogens is 6. The normalized spacial score (nSPS) is 18.7. The Kier molecular flexibility index (Phi) is 9.98. The first-order valence-electron chi connectivity index (χ1n) is 15.3. The maximum Gasteiger partial charge on any atom is 0.256 e. The lowest BCUT2D eigenvalue weighted by Gasteiger charge is -2.27. The standard InChI is InChI=1S/C16H19N5O2.C16H21N5O/c1-11-3-4-14(21-18-5-6-19-21)13(9-11)16(23)20-8-7-17-15(22)10-12(20)2;1-12-3-4-15(21-18-7-8-19-21)14(11-12)16(22)20-10-9-17-6-5-13(20)2/h3-6,9,12H,7-8,10H2,1-2H3,(H,17,22);3-4,7-8,11,13,17H,5-6,9-10H2,1-2H3/t12-;13-/m01/s1. The molecule has 2 N–H and O–H groups in total. The van der Waals surface area contributed by atoms with Gasteiger partial charge in [0.25, 0.3) is 11.8 Å². The van der Waals surface area contributed by atoms with Crippen molar-refractivity contribution >= 4 is 17.7 Å². The molecule has 45 heavy (non-hydrogen) atoms. The number of hydrogen-bond donors (Lipinski definition) is 2. The Hall–Kier alpha value is -4.91. The number of hydrogen-bond acceptors (Lipinski definition) is 8. The van der Waals surface area contributed by atoms with Crippen LogP contribution in [0.2, 0.25) is 0 Å². The van der Waals surface area contributed by atoms with Crippen LogP contribution in [0.1, 0.15) is 58.5 Å². The molecule has 0 aliphatic carbocycles. The summed E-state index contributed by atoms with van der Waals surface area (Å²) in [5.41, 5.74) is 4.61. The molecule has 13 heteroatoms. The van der Waals surface area contributed by atoms with Crippen molar-refractivity contribution in [3.05, 3.63) is 83.4 Å². The van der Waals surface area contributed by atoms with Crippen molar-refractivity contribution in [1.82, 2.24) is 50.4 Å². The van der Waals surface area contributed by atoms with Crippen LogP contribution < -0.4 is 10.6 Å². The van der Waals surface area contributed by atoms with E-state index in [4.69, 9.17) is 0 Å². The summed E-state index contributed by atoms with van der Waals surface area (Å²) in [4.78, 5) is 44.4. The van der Waals surface area contributed by atoms with E-state index in [1.807, 2.05) is 62.1 Å². The molecule has 0 spiro atoms. The Morgan fingerprint density at radius 1 is 0.711 bits per heavy atom. The molecule has 2 atom stereocenters. The minimum absolute atomic E-state index is 0.0222. The molecule has 2 aliphatic heterocycles. The predicted octanol–water partition coefficient (Wildman–Crippen LogP) is 2.33. The van der Waals surface area contributed by atoms with Crippen LogP contribution in [0.5, 0.6) is 0 Å². The maximum absolute atomic E-state index is 13.1. The lowest BCUT2D eigenvalue weighted by molar-refractivity contribution is -0.121. The highest BCUT2D eigenvalue weighted by Gasteiger charge is 2.28. The summed E-state index contributed by atoms with van der Waals surface area (Å²) in [6.45, 7) is 11.4. The highest BCUT2D eigenvalue weighted by molar-refractivity contribution is 5.99. The van der Waals surface area contributed by atoms with Gasteiger partial charge in [-0.3, -0.25) is 14.4 Å². The van der Waals surface area contributed by atoms with Gasteiger partial charge in [0.1, 0.15) is 0 Å². The lowest BCUT2D eigenvalue weighted by atomic mass is 10.1. The van der Waals surface area contributed by atoms with Crippen LogP contribution in [0.3, 0.4) is 0 Å². The average molecular weight is 613 g/mol. The number of nitrogens with one attached hydrogen (secondary N) is 2. The Morgan fingerprint density at radius 3 is 1.73 bits per heavy atom. The van der Waals surface area contributed by atoms with E-state index in [-0.39, 0.29) is 29.8 Å². The fourth-order valence-electron chi connectivity index (χ4n) is 5.58. The van der Waals surface area contributed by atoms with E-state index in [0.717, 1.165) is 42.9 Å². The van der Waals surface area contributed by atoms with Crippen LogP contribution in [0.4, 0.5) is 0 Å². The number of carbonyl (C=O) groups excluding carboxylic acids is 3. The van der Waals surface area contributed by atoms with Gasteiger partial charge in [-0.15, -0.1) is 0 Å². The topological polar surface area (TPSA) is 143 Å². The van der Waals surface area contributed by atoms with Crippen LogP contribution in [0, 0.1) is 13.8 Å². The van der Waals surface area contributed by atoms with Gasteiger partial charge in [-0.05, 0) is 64.9 Å². The zero-order valence-corrected chi connectivity index (χ0v) is 26.2. The number of benzene rings is 2. The Morgan fingerprint density at radius 2 is 1.20 bits per heavy atom. The van der Waals surface area contributed by atoms with E-state index >= 15 is 0 Å². The second-order valence-electron chi connectivity index (χ2n) is 11.5. The molecule has 236 valence electrons. The molecule has 13 nitrogen and oxygen atoms in total. The minimum atomic E-state index is -0.149. The first kappa shape index (κ1) is 31.5. The van der Waals surface area contributed by atoms with Gasteiger partial charge in [0.2, 0.25) is 5.91 Å². The molecule has 2 aromatic heterocycles. The third-order valence-electron chi connectivity index (χ3n) is 8.04. The third-order valence-corrected chi connectivity index (χ3v) is 8.04. The number of carbonyl (C=O) groups is 3. The van der Waals surface area contributed by atoms with E-state index in [1.54, 1.807) is 29.7 Å². The molecule has 6 rings (SSSR count). The third kappa shape index (κ3) is 7.43. The van der Waals surface area contributed by atoms with Gasteiger partial charge in [-0.25, -0.2) is 0 Å². The molecule has 0 saturated carbocycles. The smallest absolute Gasteiger partial charge is 0.256 e. The van der Waals surface area contributed by atoms with Crippen LogP contribution >= 0.6 is 0 Å². The fraction of sp³-hybridized carbons (Fsp3) is 0.406. The van der Waals surface area contributed by atoms with Gasteiger partial charge < -0.3 is 20.4 Å². The summed E-state index contributed by atoms with van der Waals surface area (Å²) < 4.78 is 0. The Balaban J connectivity index is 0.000000178. The first-order valence-corrected chi connectivity index (χ1v) is 15.3. The highest BCUT2D eigenvalue weighted by atomic mass is 16.2. The molecule has 4 heterocycles. The quantitative estimate of drug-likeness (QED) is 0.358. The maximum atomic E-state index is 13.1. The van der Waals surface area contributed by atoms with Crippen LogP contribution in [-0.2, 0) is 4.79 Å². The largest absolute Gasteiger partial charge is 0.354 e. The fourth-order valence-corrected chi connectivity index (χ4v) is 5.58. The number of rotatable bonds is 4. The molecular weight excluding hydrogens is 572 g/mol. The zero-order chi connectivity index (χ0) is 31.9. The van der Waals surface area contributed by atoms with Crippen molar-refractivity contribution in [3.63, 3.8) is 0 Å². The summed E-state index contributed by atoms with van der Waals surface area (Å²) in [7, 11) is 0. The van der Waals surface area contributed by atoms with Crippen molar-refractivity contribution in [2.75, 3.05) is 32.7 Å². The van der Waals surface area contributed by atoms with Crippen LogP contribution in [0.25, 0.3) is 11.4 Å². The number of aryl methyl sites for hydroxylation is 2. The van der Waals surface area contributed by atoms with Crippen LogP contribution in [0.15, 0.2) is 61.2 Å². The van der Waals surface area contributed by atoms with Crippen molar-refractivity contribution in [2.45, 2.75) is 52.6 Å². The van der Waals surface area contributed by atoms with E-state index in [1.165, 1.54) is 9.59 Å². The van der Waals surface area contributed by atoms with Gasteiger partial charge in [0, 0.05) is 44.7 Å². The minimum Gasteiger partial charge on any atom is -0.354 e. The van der Waals surface area contributed by atoms with Gasteiger partial charge in [-0.1, -0.05) is 23.3 Å². The van der Waals surface area contributed by atoms with Gasteiger partial charge in [-0.2, -0.15) is 30.0 Å². The second kappa shape index (κ2) is 14.2. The lowest BCUT2D eigenvalue weighted by Crippen LogP contribution is -2.40. The summed E-state index contributed by atoms with van der Waals surface area (Å²) in [5.74, 6) is -0.0804. The molecular formula is C32H40N10O3.